The zero-order valence-electron chi connectivity index (χ0n) is 8.63. The summed E-state index contributed by atoms with van der Waals surface area (Å²) in [5.41, 5.74) is 0.429. The molecule has 0 saturated carbocycles. The molecule has 0 aliphatic rings. The number of hydrogen-bond acceptors (Lipinski definition) is 3. The fourth-order valence-corrected chi connectivity index (χ4v) is 2.66. The van der Waals surface area contributed by atoms with Gasteiger partial charge in [-0.15, -0.1) is 11.3 Å². The van der Waals surface area contributed by atoms with Crippen LogP contribution in [0.3, 0.4) is 0 Å². The van der Waals surface area contributed by atoms with Gasteiger partial charge in [-0.25, -0.2) is 0 Å². The Kier molecular flexibility index (Phi) is 6.13. The summed E-state index contributed by atoms with van der Waals surface area (Å²) in [5.74, 6) is -0.197. The summed E-state index contributed by atoms with van der Waals surface area (Å²) < 4.78 is 0.924. The summed E-state index contributed by atoms with van der Waals surface area (Å²) in [6.07, 6.45) is 2.51. The van der Waals surface area contributed by atoms with Crippen LogP contribution in [0.25, 0.3) is 0 Å². The number of carbonyl (C=O) groups is 1. The normalized spacial score (nSPS) is 10.4. The number of carbonyl (C=O) groups excluding carboxylic acids is 1. The molecule has 0 unspecified atom stereocenters. The van der Waals surface area contributed by atoms with Crippen molar-refractivity contribution in [2.24, 2.45) is 0 Å². The third-order valence-corrected chi connectivity index (χ3v) is 3.51. The van der Waals surface area contributed by atoms with Crippen LogP contribution in [0.4, 0.5) is 0 Å². The van der Waals surface area contributed by atoms with Crippen LogP contribution >= 0.6 is 34.5 Å². The van der Waals surface area contributed by atoms with E-state index in [-0.39, 0.29) is 12.5 Å². The van der Waals surface area contributed by atoms with Crippen LogP contribution in [-0.4, -0.2) is 24.2 Å². The lowest BCUT2D eigenvalue weighted by Crippen LogP contribution is -2.24. The fraction of sp³-hybridized carbons (Fsp3) is 0.500. The first kappa shape index (κ1) is 13.8. The van der Waals surface area contributed by atoms with E-state index in [1.807, 2.05) is 0 Å². The van der Waals surface area contributed by atoms with Crippen LogP contribution in [0.5, 0.6) is 0 Å². The Balaban J connectivity index is 2.33. The largest absolute Gasteiger partial charge is 0.396 e. The first-order chi connectivity index (χ1) is 7.65. The van der Waals surface area contributed by atoms with Gasteiger partial charge in [0, 0.05) is 13.2 Å². The molecule has 1 aromatic heterocycles. The highest BCUT2D eigenvalue weighted by Crippen LogP contribution is 2.30. The van der Waals surface area contributed by atoms with Gasteiger partial charge in [-0.3, -0.25) is 4.79 Å². The lowest BCUT2D eigenvalue weighted by atomic mass is 10.2. The summed E-state index contributed by atoms with van der Waals surface area (Å²) in [6, 6.07) is 1.57. The molecule has 0 spiro atoms. The summed E-state index contributed by atoms with van der Waals surface area (Å²) in [7, 11) is 0. The number of rotatable bonds is 6. The van der Waals surface area contributed by atoms with E-state index in [2.05, 4.69) is 5.32 Å². The quantitative estimate of drug-likeness (QED) is 0.788. The van der Waals surface area contributed by atoms with E-state index in [0.29, 0.717) is 20.8 Å². The molecule has 1 amide bonds. The van der Waals surface area contributed by atoms with Crippen molar-refractivity contribution < 1.29 is 9.90 Å². The lowest BCUT2D eigenvalue weighted by molar-refractivity contribution is 0.0953. The number of nitrogens with one attached hydrogen (secondary N) is 1. The lowest BCUT2D eigenvalue weighted by Gasteiger charge is -2.03. The standard InChI is InChI=1S/C10H13Cl2NO2S/c11-8-6-7(9(12)16-8)10(15)13-4-2-1-3-5-14/h6,14H,1-5H2,(H,13,15). The zero-order valence-corrected chi connectivity index (χ0v) is 11.0. The molecule has 0 bridgehead atoms. The third-order valence-electron chi connectivity index (χ3n) is 2.02. The molecule has 1 heterocycles. The Bertz CT molecular complexity index is 355. The van der Waals surface area contributed by atoms with Crippen molar-refractivity contribution in [2.45, 2.75) is 19.3 Å². The van der Waals surface area contributed by atoms with Gasteiger partial charge in [-0.1, -0.05) is 23.2 Å². The highest BCUT2D eigenvalue weighted by atomic mass is 35.5. The molecule has 1 rings (SSSR count). The van der Waals surface area contributed by atoms with Crippen molar-refractivity contribution in [1.82, 2.24) is 5.32 Å². The maximum atomic E-state index is 11.6. The molecular weight excluding hydrogens is 269 g/mol. The van der Waals surface area contributed by atoms with Gasteiger partial charge in [0.2, 0.25) is 0 Å². The van der Waals surface area contributed by atoms with Gasteiger partial charge in [0.25, 0.3) is 5.91 Å². The molecule has 0 aliphatic heterocycles. The van der Waals surface area contributed by atoms with Crippen molar-refractivity contribution in [3.8, 4) is 0 Å². The van der Waals surface area contributed by atoms with E-state index in [1.54, 1.807) is 6.07 Å². The molecule has 6 heteroatoms. The van der Waals surface area contributed by atoms with Gasteiger partial charge >= 0.3 is 0 Å². The molecule has 0 radical (unpaired) electrons. The second kappa shape index (κ2) is 7.12. The Morgan fingerprint density at radius 1 is 1.38 bits per heavy atom. The maximum absolute atomic E-state index is 11.6. The second-order valence-electron chi connectivity index (χ2n) is 3.28. The van der Waals surface area contributed by atoms with Crippen LogP contribution in [0.1, 0.15) is 29.6 Å². The third kappa shape index (κ3) is 4.29. The van der Waals surface area contributed by atoms with Crippen LogP contribution in [0.15, 0.2) is 6.07 Å². The Labute approximate surface area is 108 Å². The molecule has 0 saturated heterocycles. The second-order valence-corrected chi connectivity index (χ2v) is 5.56. The maximum Gasteiger partial charge on any atom is 0.253 e. The number of unbranched alkanes of at least 4 members (excludes halogenated alkanes) is 2. The van der Waals surface area contributed by atoms with Crippen molar-refractivity contribution in [3.05, 3.63) is 20.3 Å². The average molecular weight is 282 g/mol. The number of aliphatic hydroxyl groups excluding tert-OH is 1. The number of aliphatic hydroxyl groups is 1. The summed E-state index contributed by atoms with van der Waals surface area (Å²) in [6.45, 7) is 0.780. The zero-order chi connectivity index (χ0) is 12.0. The van der Waals surface area contributed by atoms with Gasteiger partial charge in [0.05, 0.1) is 9.90 Å². The molecule has 0 fully saturated rings. The minimum absolute atomic E-state index is 0.194. The number of amides is 1. The molecule has 0 aliphatic carbocycles. The Morgan fingerprint density at radius 3 is 2.69 bits per heavy atom. The van der Waals surface area contributed by atoms with Crippen molar-refractivity contribution in [2.75, 3.05) is 13.2 Å². The number of hydrogen-bond donors (Lipinski definition) is 2. The van der Waals surface area contributed by atoms with Crippen LogP contribution in [-0.2, 0) is 0 Å². The average Bonchev–Trinajstić information content (AvgIpc) is 2.57. The number of halogens is 2. The van der Waals surface area contributed by atoms with Gasteiger partial charge < -0.3 is 10.4 Å². The molecule has 16 heavy (non-hydrogen) atoms. The van der Waals surface area contributed by atoms with Crippen LogP contribution in [0, 0.1) is 0 Å². The Morgan fingerprint density at radius 2 is 2.12 bits per heavy atom. The predicted molar refractivity (Wildman–Crippen MR) is 67.6 cm³/mol. The Hall–Kier alpha value is -0.290. The van der Waals surface area contributed by atoms with Gasteiger partial charge in [-0.2, -0.15) is 0 Å². The van der Waals surface area contributed by atoms with Gasteiger partial charge in [0.15, 0.2) is 0 Å². The fourth-order valence-electron chi connectivity index (χ4n) is 1.21. The van der Waals surface area contributed by atoms with E-state index in [0.717, 1.165) is 19.3 Å². The van der Waals surface area contributed by atoms with E-state index < -0.39 is 0 Å². The smallest absolute Gasteiger partial charge is 0.253 e. The SMILES string of the molecule is O=C(NCCCCCO)c1cc(Cl)sc1Cl. The van der Waals surface area contributed by atoms with E-state index >= 15 is 0 Å². The topological polar surface area (TPSA) is 49.3 Å². The summed E-state index contributed by atoms with van der Waals surface area (Å²) >= 11 is 12.8. The minimum atomic E-state index is -0.197. The molecule has 1 aromatic rings. The molecular formula is C10H13Cl2NO2S. The highest BCUT2D eigenvalue weighted by Gasteiger charge is 2.13. The van der Waals surface area contributed by atoms with Gasteiger partial charge in [0.1, 0.15) is 4.34 Å². The van der Waals surface area contributed by atoms with E-state index in [1.165, 1.54) is 11.3 Å². The van der Waals surface area contributed by atoms with Gasteiger partial charge in [-0.05, 0) is 25.3 Å². The first-order valence-electron chi connectivity index (χ1n) is 4.99. The molecule has 3 nitrogen and oxygen atoms in total. The number of thiophene rings is 1. The summed E-state index contributed by atoms with van der Waals surface area (Å²) in [4.78, 5) is 11.6. The first-order valence-corrected chi connectivity index (χ1v) is 6.56. The molecule has 2 N–H and O–H groups in total. The molecule has 0 aromatic carbocycles. The van der Waals surface area contributed by atoms with Crippen molar-refractivity contribution >= 4 is 40.4 Å². The molecule has 0 atom stereocenters. The highest BCUT2D eigenvalue weighted by molar-refractivity contribution is 7.20. The minimum Gasteiger partial charge on any atom is -0.396 e. The monoisotopic (exact) mass is 281 g/mol. The van der Waals surface area contributed by atoms with E-state index in [4.69, 9.17) is 28.3 Å². The summed E-state index contributed by atoms with van der Waals surface area (Å²) in [5, 5.41) is 11.3. The van der Waals surface area contributed by atoms with Crippen LogP contribution in [0.2, 0.25) is 8.67 Å². The predicted octanol–water partition coefficient (Wildman–Crippen LogP) is 2.95. The van der Waals surface area contributed by atoms with Crippen molar-refractivity contribution in [3.63, 3.8) is 0 Å². The van der Waals surface area contributed by atoms with Crippen LogP contribution < -0.4 is 5.32 Å². The van der Waals surface area contributed by atoms with Crippen molar-refractivity contribution in [1.29, 1.82) is 0 Å². The molecule has 90 valence electrons. The van der Waals surface area contributed by atoms with E-state index in [9.17, 15) is 4.79 Å².